The number of rotatable bonds is 2. The Bertz CT molecular complexity index is 1390. The molecule has 0 aliphatic carbocycles. The lowest BCUT2D eigenvalue weighted by Gasteiger charge is -2.22. The minimum atomic E-state index is 0.0182. The summed E-state index contributed by atoms with van der Waals surface area (Å²) in [4.78, 5) is 29.9. The predicted molar refractivity (Wildman–Crippen MR) is 145 cm³/mol. The van der Waals surface area contributed by atoms with Crippen LogP contribution >= 0.6 is 45.9 Å². The summed E-state index contributed by atoms with van der Waals surface area (Å²) in [5, 5.41) is 9.14. The first-order valence-corrected chi connectivity index (χ1v) is 14.0. The Labute approximate surface area is 214 Å². The van der Waals surface area contributed by atoms with Crippen LogP contribution in [-0.2, 0) is 0 Å². The number of piperidine rings is 2. The molecule has 4 aromatic rings. The molecule has 6 nitrogen and oxygen atoms in total. The van der Waals surface area contributed by atoms with Gasteiger partial charge in [-0.25, -0.2) is 0 Å². The van der Waals surface area contributed by atoms with Crippen molar-refractivity contribution in [3.05, 3.63) is 64.8 Å². The Hall–Kier alpha value is -1.68. The Kier molecular flexibility index (Phi) is 7.44. The third-order valence-electron chi connectivity index (χ3n) is 6.65. The molecule has 0 aromatic carbocycles. The summed E-state index contributed by atoms with van der Waals surface area (Å²) in [6.07, 6.45) is 4.14. The van der Waals surface area contributed by atoms with Crippen LogP contribution in [0.5, 0.6) is 0 Å². The maximum Gasteiger partial charge on any atom is 0.251 e. The third-order valence-corrected chi connectivity index (χ3v) is 9.22. The molecule has 10 heteroatoms. The van der Waals surface area contributed by atoms with Crippen molar-refractivity contribution in [2.24, 2.45) is 0 Å². The molecule has 4 aromatic heterocycles. The van der Waals surface area contributed by atoms with Crippen molar-refractivity contribution >= 4 is 66.3 Å². The molecule has 0 spiro atoms. The van der Waals surface area contributed by atoms with E-state index in [4.69, 9.17) is 23.2 Å². The molecule has 0 atom stereocenters. The molecule has 2 saturated heterocycles. The average molecular weight is 538 g/mol. The molecule has 180 valence electrons. The van der Waals surface area contributed by atoms with Gasteiger partial charge in [0.1, 0.15) is 0 Å². The quantitative estimate of drug-likeness (QED) is 0.275. The maximum atomic E-state index is 12.1. The number of H-pyrrole nitrogens is 2. The first-order valence-electron chi connectivity index (χ1n) is 11.5. The van der Waals surface area contributed by atoms with Crippen molar-refractivity contribution in [1.82, 2.24) is 20.6 Å². The molecule has 0 radical (unpaired) electrons. The summed E-state index contributed by atoms with van der Waals surface area (Å²) in [5.74, 6) is 0.760. The average Bonchev–Trinajstić information content (AvgIpc) is 3.40. The molecule has 0 unspecified atom stereocenters. The number of nitrogens with one attached hydrogen (secondary N) is 4. The summed E-state index contributed by atoms with van der Waals surface area (Å²) < 4.78 is 2.87. The predicted octanol–water partition coefficient (Wildman–Crippen LogP) is 5.42. The van der Waals surface area contributed by atoms with Gasteiger partial charge in [-0.1, -0.05) is 23.2 Å². The largest absolute Gasteiger partial charge is 0.321 e. The van der Waals surface area contributed by atoms with E-state index in [2.05, 4.69) is 20.6 Å². The highest BCUT2D eigenvalue weighted by Gasteiger charge is 2.20. The lowest BCUT2D eigenvalue weighted by Crippen LogP contribution is -2.29. The monoisotopic (exact) mass is 536 g/mol. The zero-order valence-electron chi connectivity index (χ0n) is 18.5. The summed E-state index contributed by atoms with van der Waals surface area (Å²) in [6, 6.07) is 5.84. The van der Waals surface area contributed by atoms with Gasteiger partial charge in [-0.3, -0.25) is 9.59 Å². The number of pyridine rings is 2. The van der Waals surface area contributed by atoms with Crippen LogP contribution in [0.1, 0.15) is 48.6 Å². The summed E-state index contributed by atoms with van der Waals surface area (Å²) in [7, 11) is 0. The van der Waals surface area contributed by atoms with E-state index in [9.17, 15) is 9.59 Å². The second-order valence-electron chi connectivity index (χ2n) is 8.81. The van der Waals surface area contributed by atoms with Gasteiger partial charge in [-0.15, -0.1) is 22.7 Å². The van der Waals surface area contributed by atoms with E-state index >= 15 is 0 Å². The molecule has 6 rings (SSSR count). The van der Waals surface area contributed by atoms with E-state index < -0.39 is 0 Å². The van der Waals surface area contributed by atoms with Crippen LogP contribution < -0.4 is 21.8 Å². The Balaban J connectivity index is 0.000000142. The van der Waals surface area contributed by atoms with Gasteiger partial charge in [0.15, 0.2) is 0 Å². The van der Waals surface area contributed by atoms with Gasteiger partial charge in [0.05, 0.1) is 29.8 Å². The molecular formula is C24H26Cl2N4O2S2. The van der Waals surface area contributed by atoms with Crippen LogP contribution in [0.4, 0.5) is 0 Å². The molecule has 34 heavy (non-hydrogen) atoms. The highest BCUT2D eigenvalue weighted by molar-refractivity contribution is 7.22. The van der Waals surface area contributed by atoms with E-state index in [1.165, 1.54) is 11.3 Å². The van der Waals surface area contributed by atoms with Crippen molar-refractivity contribution in [3.63, 3.8) is 0 Å². The van der Waals surface area contributed by atoms with Crippen LogP contribution in [0.25, 0.3) is 20.4 Å². The van der Waals surface area contributed by atoms with Crippen LogP contribution in [0.15, 0.2) is 33.2 Å². The number of aromatic amines is 2. The fourth-order valence-electron chi connectivity index (χ4n) is 4.82. The fourth-order valence-corrected chi connectivity index (χ4v) is 7.14. The van der Waals surface area contributed by atoms with Gasteiger partial charge in [0, 0.05) is 16.5 Å². The van der Waals surface area contributed by atoms with Crippen LogP contribution in [0.2, 0.25) is 9.36 Å². The highest BCUT2D eigenvalue weighted by atomic mass is 35.5. The fraction of sp³-hybridized carbons (Fsp3) is 0.417. The number of aromatic nitrogens is 2. The molecule has 4 N–H and O–H groups in total. The van der Waals surface area contributed by atoms with Crippen LogP contribution in [0.3, 0.4) is 0 Å². The molecule has 2 aliphatic heterocycles. The van der Waals surface area contributed by atoms with Crippen molar-refractivity contribution in [3.8, 4) is 0 Å². The molecule has 0 amide bonds. The van der Waals surface area contributed by atoms with Gasteiger partial charge >= 0.3 is 0 Å². The topological polar surface area (TPSA) is 89.8 Å². The maximum absolute atomic E-state index is 12.1. The summed E-state index contributed by atoms with van der Waals surface area (Å²) >= 11 is 15.1. The highest BCUT2D eigenvalue weighted by Crippen LogP contribution is 2.32. The molecule has 2 aliphatic rings. The smallest absolute Gasteiger partial charge is 0.251 e. The minimum absolute atomic E-state index is 0.0182. The van der Waals surface area contributed by atoms with Gasteiger partial charge in [-0.2, -0.15) is 0 Å². The van der Waals surface area contributed by atoms with Crippen molar-refractivity contribution in [1.29, 1.82) is 0 Å². The molecule has 6 heterocycles. The molecule has 0 bridgehead atoms. The van der Waals surface area contributed by atoms with Crippen LogP contribution in [-0.4, -0.2) is 36.1 Å². The van der Waals surface area contributed by atoms with E-state index in [1.54, 1.807) is 11.3 Å². The van der Waals surface area contributed by atoms with Gasteiger partial charge in [0.25, 0.3) is 11.1 Å². The normalized spacial score (nSPS) is 17.7. The molecule has 2 fully saturated rings. The lowest BCUT2D eigenvalue weighted by molar-refractivity contribution is 0.458. The van der Waals surface area contributed by atoms with Gasteiger partial charge in [-0.05, 0) is 81.9 Å². The zero-order valence-corrected chi connectivity index (χ0v) is 21.7. The summed E-state index contributed by atoms with van der Waals surface area (Å²) in [6.45, 7) is 3.97. The van der Waals surface area contributed by atoms with E-state index in [1.807, 2.05) is 23.6 Å². The van der Waals surface area contributed by atoms with Gasteiger partial charge in [0.2, 0.25) is 0 Å². The van der Waals surface area contributed by atoms with E-state index in [0.29, 0.717) is 16.9 Å². The SMILES string of the molecule is O=c1[nH]c2c(Cl)csc2cc1C1CCNCC1.O=c1[nH]c2cc(Cl)sc2cc1C1CCNCC1. The van der Waals surface area contributed by atoms with Crippen LogP contribution in [0, 0.1) is 0 Å². The number of fused-ring (bicyclic) bond motifs is 2. The van der Waals surface area contributed by atoms with Crippen molar-refractivity contribution in [2.45, 2.75) is 37.5 Å². The van der Waals surface area contributed by atoms with E-state index in [0.717, 1.165) is 87.8 Å². The first kappa shape index (κ1) is 24.0. The number of hydrogen-bond acceptors (Lipinski definition) is 6. The van der Waals surface area contributed by atoms with E-state index in [-0.39, 0.29) is 11.1 Å². The number of halogens is 2. The second-order valence-corrected chi connectivity index (χ2v) is 11.8. The minimum Gasteiger partial charge on any atom is -0.321 e. The third kappa shape index (κ3) is 5.12. The lowest BCUT2D eigenvalue weighted by atomic mass is 9.91. The number of thiophene rings is 2. The molecule has 0 saturated carbocycles. The van der Waals surface area contributed by atoms with Crippen molar-refractivity contribution in [2.75, 3.05) is 26.2 Å². The Morgan fingerprint density at radius 3 is 1.94 bits per heavy atom. The Morgan fingerprint density at radius 1 is 0.765 bits per heavy atom. The van der Waals surface area contributed by atoms with Crippen molar-refractivity contribution < 1.29 is 0 Å². The standard InChI is InChI=1S/2C12H13ClN2OS/c13-9-6-17-10-5-8(12(16)15-11(9)10)7-1-3-14-4-2-7;13-11-6-9-10(17-11)5-8(12(16)15-9)7-1-3-14-4-2-7/h2*5-7,14H,1-4H2,(H,15,16). The summed E-state index contributed by atoms with van der Waals surface area (Å²) in [5.41, 5.74) is 3.51. The molecular weight excluding hydrogens is 511 g/mol. The second kappa shape index (κ2) is 10.5. The zero-order chi connectivity index (χ0) is 23.7. The van der Waals surface area contributed by atoms with Gasteiger partial charge < -0.3 is 20.6 Å². The number of hydrogen-bond donors (Lipinski definition) is 4. The first-order chi connectivity index (χ1) is 16.5. The Morgan fingerprint density at radius 2 is 1.32 bits per heavy atom.